The zero-order chi connectivity index (χ0) is 14.8. The Kier molecular flexibility index (Phi) is 4.12. The second-order valence-corrected chi connectivity index (χ2v) is 6.26. The number of amidine groups is 1. The number of nitrogens with zero attached hydrogens (tertiary/aromatic N) is 2. The molecule has 1 saturated heterocycles. The number of ether oxygens (including phenoxy) is 1. The average Bonchev–Trinajstić information content (AvgIpc) is 2.85. The highest BCUT2D eigenvalue weighted by molar-refractivity contribution is 8.18. The summed E-state index contributed by atoms with van der Waals surface area (Å²) in [7, 11) is 0. The van der Waals surface area contributed by atoms with Crippen molar-refractivity contribution in [3.63, 3.8) is 0 Å². The van der Waals surface area contributed by atoms with E-state index >= 15 is 0 Å². The van der Waals surface area contributed by atoms with Crippen molar-refractivity contribution in [2.24, 2.45) is 4.99 Å². The lowest BCUT2D eigenvalue weighted by Crippen LogP contribution is -2.38. The van der Waals surface area contributed by atoms with Crippen LogP contribution in [0.5, 0.6) is 0 Å². The van der Waals surface area contributed by atoms with E-state index in [1.165, 1.54) is 22.9 Å². The second-order valence-electron chi connectivity index (χ2n) is 5.25. The minimum atomic E-state index is -0.139. The smallest absolute Gasteiger partial charge is 0.286 e. The molecule has 1 aromatic rings. The van der Waals surface area contributed by atoms with E-state index in [4.69, 9.17) is 4.74 Å². The van der Waals surface area contributed by atoms with Crippen molar-refractivity contribution in [1.82, 2.24) is 4.90 Å². The first-order chi connectivity index (χ1) is 10.1. The van der Waals surface area contributed by atoms with Gasteiger partial charge in [-0.1, -0.05) is 18.2 Å². The van der Waals surface area contributed by atoms with Crippen LogP contribution in [-0.4, -0.2) is 42.3 Å². The summed E-state index contributed by atoms with van der Waals surface area (Å²) in [5.41, 5.74) is 3.54. The number of rotatable bonds is 1. The summed E-state index contributed by atoms with van der Waals surface area (Å²) >= 11 is 1.46. The molecule has 2 aliphatic rings. The minimum absolute atomic E-state index is 0.139. The lowest BCUT2D eigenvalue weighted by molar-refractivity contribution is -0.113. The topological polar surface area (TPSA) is 41.9 Å². The number of amides is 1. The first-order valence-electron chi connectivity index (χ1n) is 7.06. The summed E-state index contributed by atoms with van der Waals surface area (Å²) in [5, 5.41) is 0.804. The van der Waals surface area contributed by atoms with Gasteiger partial charge in [0, 0.05) is 13.1 Å². The summed E-state index contributed by atoms with van der Waals surface area (Å²) in [6.45, 7) is 7.16. The monoisotopic (exact) mass is 302 g/mol. The zero-order valence-electron chi connectivity index (χ0n) is 12.3. The van der Waals surface area contributed by atoms with Gasteiger partial charge in [0.2, 0.25) is 0 Å². The molecule has 21 heavy (non-hydrogen) atoms. The molecule has 2 aliphatic heterocycles. The van der Waals surface area contributed by atoms with Gasteiger partial charge < -0.3 is 9.64 Å². The summed E-state index contributed by atoms with van der Waals surface area (Å²) in [6, 6.07) is 6.22. The minimum Gasteiger partial charge on any atom is -0.378 e. The highest BCUT2D eigenvalue weighted by Crippen LogP contribution is 2.30. The van der Waals surface area contributed by atoms with Crippen LogP contribution in [0.15, 0.2) is 28.1 Å². The Morgan fingerprint density at radius 1 is 1.24 bits per heavy atom. The largest absolute Gasteiger partial charge is 0.378 e. The fraction of sp³-hybridized carbons (Fsp3) is 0.375. The molecule has 0 N–H and O–H groups in total. The van der Waals surface area contributed by atoms with E-state index in [1.807, 2.05) is 12.1 Å². The molecule has 0 atom stereocenters. The Bertz CT molecular complexity index is 631. The van der Waals surface area contributed by atoms with Gasteiger partial charge in [-0.25, -0.2) is 0 Å². The lowest BCUT2D eigenvalue weighted by Gasteiger charge is -2.27. The molecular weight excluding hydrogens is 284 g/mol. The molecule has 0 aromatic heterocycles. The van der Waals surface area contributed by atoms with Crippen molar-refractivity contribution in [1.29, 1.82) is 0 Å². The van der Waals surface area contributed by atoms with E-state index in [2.05, 4.69) is 35.9 Å². The van der Waals surface area contributed by atoms with Crippen LogP contribution in [0.4, 0.5) is 0 Å². The van der Waals surface area contributed by atoms with E-state index in [9.17, 15) is 4.79 Å². The molecule has 1 amide bonds. The van der Waals surface area contributed by atoms with Crippen molar-refractivity contribution in [3.05, 3.63) is 39.8 Å². The molecule has 4 nitrogen and oxygen atoms in total. The van der Waals surface area contributed by atoms with Crippen molar-refractivity contribution in [2.45, 2.75) is 13.8 Å². The molecule has 1 fully saturated rings. The first-order valence-corrected chi connectivity index (χ1v) is 7.87. The third kappa shape index (κ3) is 3.19. The number of benzene rings is 1. The highest BCUT2D eigenvalue weighted by atomic mass is 32.2. The number of thioether (sulfide) groups is 1. The molecule has 0 unspecified atom stereocenters. The third-order valence-electron chi connectivity index (χ3n) is 3.72. The molecule has 2 heterocycles. The average molecular weight is 302 g/mol. The quantitative estimate of drug-likeness (QED) is 0.748. The Hall–Kier alpha value is -1.59. The van der Waals surface area contributed by atoms with Crippen molar-refractivity contribution >= 4 is 28.9 Å². The maximum atomic E-state index is 12.0. The van der Waals surface area contributed by atoms with Gasteiger partial charge in [0.15, 0.2) is 5.17 Å². The molecule has 0 saturated carbocycles. The first kappa shape index (κ1) is 14.4. The lowest BCUT2D eigenvalue weighted by atomic mass is 10.1. The zero-order valence-corrected chi connectivity index (χ0v) is 13.1. The van der Waals surface area contributed by atoms with E-state index in [1.54, 1.807) is 0 Å². The predicted octanol–water partition coefficient (Wildman–Crippen LogP) is 2.61. The molecule has 0 spiro atoms. The Morgan fingerprint density at radius 3 is 2.71 bits per heavy atom. The molecule has 3 rings (SSSR count). The summed E-state index contributed by atoms with van der Waals surface area (Å²) in [4.78, 5) is 19.0. The van der Waals surface area contributed by atoms with Crippen molar-refractivity contribution in [3.8, 4) is 0 Å². The number of carbonyl (C=O) groups is 1. The predicted molar refractivity (Wildman–Crippen MR) is 86.3 cm³/mol. The van der Waals surface area contributed by atoms with Gasteiger partial charge >= 0.3 is 0 Å². The molecule has 110 valence electrons. The van der Waals surface area contributed by atoms with Crippen LogP contribution in [0.1, 0.15) is 16.7 Å². The van der Waals surface area contributed by atoms with Crippen LogP contribution in [0.2, 0.25) is 0 Å². The van der Waals surface area contributed by atoms with Gasteiger partial charge in [0.1, 0.15) is 0 Å². The number of hydrogen-bond donors (Lipinski definition) is 0. The number of hydrogen-bond acceptors (Lipinski definition) is 4. The normalized spacial score (nSPS) is 21.0. The van der Waals surface area contributed by atoms with Crippen LogP contribution in [0.25, 0.3) is 6.08 Å². The van der Waals surface area contributed by atoms with E-state index in [-0.39, 0.29) is 5.91 Å². The van der Waals surface area contributed by atoms with Crippen LogP contribution in [-0.2, 0) is 9.53 Å². The fourth-order valence-electron chi connectivity index (χ4n) is 2.29. The summed E-state index contributed by atoms with van der Waals surface area (Å²) < 4.78 is 5.33. The highest BCUT2D eigenvalue weighted by Gasteiger charge is 2.27. The van der Waals surface area contributed by atoms with Crippen LogP contribution < -0.4 is 0 Å². The summed E-state index contributed by atoms with van der Waals surface area (Å²) in [6.07, 6.45) is 1.93. The molecule has 0 radical (unpaired) electrons. The van der Waals surface area contributed by atoms with Gasteiger partial charge in [0.25, 0.3) is 5.91 Å². The van der Waals surface area contributed by atoms with Crippen LogP contribution in [0, 0.1) is 13.8 Å². The molecule has 0 aliphatic carbocycles. The molecular formula is C16H18N2O2S. The SMILES string of the molecule is Cc1ccc(/C=C2\SC(N3CCOCC3)=NC2=O)cc1C. The maximum Gasteiger partial charge on any atom is 0.286 e. The molecule has 5 heteroatoms. The van der Waals surface area contributed by atoms with Gasteiger partial charge in [0.05, 0.1) is 18.1 Å². The van der Waals surface area contributed by atoms with Crippen molar-refractivity contribution < 1.29 is 9.53 Å². The standard InChI is InChI=1S/C16H18N2O2S/c1-11-3-4-13(9-12(11)2)10-14-15(19)17-16(21-14)18-5-7-20-8-6-18/h3-4,9-10H,5-8H2,1-2H3/b14-10-. The second kappa shape index (κ2) is 6.03. The van der Waals surface area contributed by atoms with Crippen LogP contribution >= 0.6 is 11.8 Å². The van der Waals surface area contributed by atoms with E-state index in [0.717, 1.165) is 23.8 Å². The number of morpholine rings is 1. The van der Waals surface area contributed by atoms with Gasteiger partial charge in [-0.05, 0) is 48.4 Å². The number of aryl methyl sites for hydroxylation is 2. The maximum absolute atomic E-state index is 12.0. The Balaban J connectivity index is 1.77. The molecule has 0 bridgehead atoms. The molecule has 1 aromatic carbocycles. The Morgan fingerprint density at radius 2 is 2.00 bits per heavy atom. The van der Waals surface area contributed by atoms with Crippen molar-refractivity contribution in [2.75, 3.05) is 26.3 Å². The fourth-order valence-corrected chi connectivity index (χ4v) is 3.26. The number of aliphatic imine (C=N–C) groups is 1. The van der Waals surface area contributed by atoms with E-state index < -0.39 is 0 Å². The summed E-state index contributed by atoms with van der Waals surface area (Å²) in [5.74, 6) is -0.139. The van der Waals surface area contributed by atoms with Gasteiger partial charge in [-0.2, -0.15) is 4.99 Å². The number of carbonyl (C=O) groups excluding carboxylic acids is 1. The third-order valence-corrected chi connectivity index (χ3v) is 4.76. The van der Waals surface area contributed by atoms with E-state index in [0.29, 0.717) is 18.1 Å². The van der Waals surface area contributed by atoms with Gasteiger partial charge in [-0.3, -0.25) is 4.79 Å². The van der Waals surface area contributed by atoms with Crippen LogP contribution in [0.3, 0.4) is 0 Å². The Labute approximate surface area is 128 Å². The van der Waals surface area contributed by atoms with Gasteiger partial charge in [-0.15, -0.1) is 0 Å².